The monoisotopic (exact) mass is 315 g/mol. The lowest BCUT2D eigenvalue weighted by Gasteiger charge is -2.30. The molecule has 0 aliphatic carbocycles. The largest absolute Gasteiger partial charge is 0.351 e. The Bertz CT molecular complexity index is 440. The van der Waals surface area contributed by atoms with Crippen molar-refractivity contribution in [2.45, 2.75) is 51.5 Å². The molecule has 0 spiro atoms. The minimum absolute atomic E-state index is 0. The summed E-state index contributed by atoms with van der Waals surface area (Å²) in [4.78, 5) is 14.2. The Hall–Kier alpha value is -1.07. The van der Waals surface area contributed by atoms with Gasteiger partial charge in [-0.15, -0.1) is 12.4 Å². The number of carbonyl (C=O) groups excluding carboxylic acids is 1. The molecule has 1 amide bonds. The summed E-state index contributed by atoms with van der Waals surface area (Å²) in [6.45, 7) is 6.20. The van der Waals surface area contributed by atoms with E-state index < -0.39 is 0 Å². The Morgan fingerprint density at radius 3 is 2.62 bits per heavy atom. The predicted octanol–water partition coefficient (Wildman–Crippen LogP) is 2.82. The van der Waals surface area contributed by atoms with Gasteiger partial charge in [-0.25, -0.2) is 0 Å². The van der Waals surface area contributed by atoms with Gasteiger partial charge in [-0.1, -0.05) is 19.0 Å². The third-order valence-electron chi connectivity index (χ3n) is 4.32. The van der Waals surface area contributed by atoms with Gasteiger partial charge in [0, 0.05) is 25.1 Å². The van der Waals surface area contributed by atoms with Crippen molar-refractivity contribution in [3.63, 3.8) is 0 Å². The molecule has 6 heteroatoms. The van der Waals surface area contributed by atoms with Crippen molar-refractivity contribution in [3.05, 3.63) is 17.5 Å². The third kappa shape index (κ3) is 4.20. The van der Waals surface area contributed by atoms with Crippen LogP contribution in [0.5, 0.6) is 0 Å². The smallest absolute Gasteiger partial charge is 0.292 e. The first kappa shape index (κ1) is 18.0. The SMILES string of the molecule is CCC(CC)c1cc(C(=O)N(C)C2CCNCC2)on1.Cl. The fraction of sp³-hybridized carbons (Fsp3) is 0.733. The molecule has 0 aromatic carbocycles. The zero-order valence-electron chi connectivity index (χ0n) is 13.1. The second-order valence-electron chi connectivity index (χ2n) is 5.53. The summed E-state index contributed by atoms with van der Waals surface area (Å²) >= 11 is 0. The highest BCUT2D eigenvalue weighted by molar-refractivity contribution is 5.91. The average molecular weight is 316 g/mol. The minimum Gasteiger partial charge on any atom is -0.351 e. The van der Waals surface area contributed by atoms with Crippen LogP contribution in [-0.4, -0.2) is 42.1 Å². The lowest BCUT2D eigenvalue weighted by molar-refractivity contribution is 0.0661. The standard InChI is InChI=1S/C15H25N3O2.ClH/c1-4-11(5-2)13-10-14(20-17-13)15(19)18(3)12-6-8-16-9-7-12;/h10-12,16H,4-9H2,1-3H3;1H. The van der Waals surface area contributed by atoms with E-state index in [0.717, 1.165) is 44.5 Å². The Kier molecular flexibility index (Phi) is 7.18. The zero-order valence-corrected chi connectivity index (χ0v) is 13.9. The molecule has 0 bridgehead atoms. The summed E-state index contributed by atoms with van der Waals surface area (Å²) in [6.07, 6.45) is 4.02. The van der Waals surface area contributed by atoms with Crippen molar-refractivity contribution in [1.29, 1.82) is 0 Å². The van der Waals surface area contributed by atoms with Gasteiger partial charge < -0.3 is 14.7 Å². The minimum atomic E-state index is -0.0541. The molecule has 120 valence electrons. The van der Waals surface area contributed by atoms with E-state index in [1.807, 2.05) is 13.1 Å². The van der Waals surface area contributed by atoms with Crippen molar-refractivity contribution in [1.82, 2.24) is 15.4 Å². The van der Waals surface area contributed by atoms with Gasteiger partial charge in [-0.2, -0.15) is 0 Å². The summed E-state index contributed by atoms with van der Waals surface area (Å²) in [7, 11) is 1.86. The third-order valence-corrected chi connectivity index (χ3v) is 4.32. The summed E-state index contributed by atoms with van der Waals surface area (Å²) in [5.41, 5.74) is 0.900. The molecular formula is C15H26ClN3O2. The maximum Gasteiger partial charge on any atom is 0.292 e. The highest BCUT2D eigenvalue weighted by atomic mass is 35.5. The van der Waals surface area contributed by atoms with E-state index in [4.69, 9.17) is 4.52 Å². The van der Waals surface area contributed by atoms with Gasteiger partial charge in [0.25, 0.3) is 5.91 Å². The van der Waals surface area contributed by atoms with Crippen molar-refractivity contribution in [3.8, 4) is 0 Å². The maximum atomic E-state index is 12.4. The fourth-order valence-corrected chi connectivity index (χ4v) is 2.82. The molecule has 1 aliphatic heterocycles. The van der Waals surface area contributed by atoms with Crippen LogP contribution in [0.2, 0.25) is 0 Å². The number of nitrogens with zero attached hydrogens (tertiary/aromatic N) is 2. The molecule has 2 heterocycles. The van der Waals surface area contributed by atoms with Gasteiger partial charge in [-0.3, -0.25) is 4.79 Å². The molecule has 1 aliphatic rings. The molecule has 5 nitrogen and oxygen atoms in total. The molecule has 1 saturated heterocycles. The first-order chi connectivity index (χ1) is 9.67. The number of hydrogen-bond donors (Lipinski definition) is 1. The first-order valence-corrected chi connectivity index (χ1v) is 7.61. The van der Waals surface area contributed by atoms with E-state index in [1.54, 1.807) is 4.90 Å². The number of piperidine rings is 1. The number of hydrogen-bond acceptors (Lipinski definition) is 4. The summed E-state index contributed by atoms with van der Waals surface area (Å²) in [6, 6.07) is 2.11. The molecule has 1 aromatic heterocycles. The molecule has 0 saturated carbocycles. The van der Waals surface area contributed by atoms with Crippen molar-refractivity contribution in [2.75, 3.05) is 20.1 Å². The number of nitrogens with one attached hydrogen (secondary N) is 1. The maximum absolute atomic E-state index is 12.4. The van der Waals surface area contributed by atoms with E-state index >= 15 is 0 Å². The topological polar surface area (TPSA) is 58.4 Å². The van der Waals surface area contributed by atoms with E-state index in [2.05, 4.69) is 24.3 Å². The molecular weight excluding hydrogens is 290 g/mol. The second kappa shape index (κ2) is 8.39. The average Bonchev–Trinajstić information content (AvgIpc) is 2.97. The van der Waals surface area contributed by atoms with Crippen molar-refractivity contribution >= 4 is 18.3 Å². The second-order valence-corrected chi connectivity index (χ2v) is 5.53. The van der Waals surface area contributed by atoms with Gasteiger partial charge in [0.1, 0.15) is 0 Å². The lowest BCUT2D eigenvalue weighted by atomic mass is 9.99. The van der Waals surface area contributed by atoms with Crippen LogP contribution in [0.3, 0.4) is 0 Å². The van der Waals surface area contributed by atoms with Crippen LogP contribution in [0.15, 0.2) is 10.6 Å². The van der Waals surface area contributed by atoms with Gasteiger partial charge in [0.2, 0.25) is 5.76 Å². The van der Waals surface area contributed by atoms with E-state index in [9.17, 15) is 4.79 Å². The number of aromatic nitrogens is 1. The van der Waals surface area contributed by atoms with Crippen LogP contribution in [0, 0.1) is 0 Å². The van der Waals surface area contributed by atoms with Crippen LogP contribution in [-0.2, 0) is 0 Å². The molecule has 0 unspecified atom stereocenters. The Balaban J connectivity index is 0.00000220. The van der Waals surface area contributed by atoms with Gasteiger partial charge in [-0.05, 0) is 38.8 Å². The van der Waals surface area contributed by atoms with Crippen LogP contribution >= 0.6 is 12.4 Å². The molecule has 1 N–H and O–H groups in total. The first-order valence-electron chi connectivity index (χ1n) is 7.61. The lowest BCUT2D eigenvalue weighted by Crippen LogP contribution is -2.43. The molecule has 1 fully saturated rings. The predicted molar refractivity (Wildman–Crippen MR) is 85.1 cm³/mol. The van der Waals surface area contributed by atoms with Crippen molar-refractivity contribution in [2.24, 2.45) is 0 Å². The molecule has 0 radical (unpaired) electrons. The summed E-state index contributed by atoms with van der Waals surface area (Å²) in [5, 5.41) is 7.38. The van der Waals surface area contributed by atoms with Gasteiger partial charge >= 0.3 is 0 Å². The quantitative estimate of drug-likeness (QED) is 0.907. The van der Waals surface area contributed by atoms with Gasteiger partial charge in [0.05, 0.1) is 5.69 Å². The fourth-order valence-electron chi connectivity index (χ4n) is 2.82. The highest BCUT2D eigenvalue weighted by Crippen LogP contribution is 2.23. The van der Waals surface area contributed by atoms with E-state index in [0.29, 0.717) is 17.7 Å². The van der Waals surface area contributed by atoms with Gasteiger partial charge in [0.15, 0.2) is 0 Å². The van der Waals surface area contributed by atoms with Crippen LogP contribution < -0.4 is 5.32 Å². The van der Waals surface area contributed by atoms with Crippen LogP contribution in [0.1, 0.15) is 61.7 Å². The van der Waals surface area contributed by atoms with Crippen LogP contribution in [0.4, 0.5) is 0 Å². The van der Waals surface area contributed by atoms with Crippen LogP contribution in [0.25, 0.3) is 0 Å². The number of rotatable bonds is 5. The normalized spacial score (nSPS) is 15.8. The zero-order chi connectivity index (χ0) is 14.5. The Labute approximate surface area is 132 Å². The molecule has 0 atom stereocenters. The number of amides is 1. The van der Waals surface area contributed by atoms with E-state index in [-0.39, 0.29) is 18.3 Å². The molecule has 1 aromatic rings. The Morgan fingerprint density at radius 2 is 2.05 bits per heavy atom. The summed E-state index contributed by atoms with van der Waals surface area (Å²) in [5.74, 6) is 0.694. The Morgan fingerprint density at radius 1 is 1.43 bits per heavy atom. The number of halogens is 1. The summed E-state index contributed by atoms with van der Waals surface area (Å²) < 4.78 is 5.27. The molecule has 2 rings (SSSR count). The highest BCUT2D eigenvalue weighted by Gasteiger charge is 2.26. The number of carbonyl (C=O) groups is 1. The van der Waals surface area contributed by atoms with Crippen molar-refractivity contribution < 1.29 is 9.32 Å². The molecule has 21 heavy (non-hydrogen) atoms. The van der Waals surface area contributed by atoms with E-state index in [1.165, 1.54) is 0 Å².